The predicted octanol–water partition coefficient (Wildman–Crippen LogP) is 4.44. The van der Waals surface area contributed by atoms with Crippen LogP contribution in [0.1, 0.15) is 10.4 Å². The largest absolute Gasteiger partial charge is 0.497 e. The van der Waals surface area contributed by atoms with Crippen molar-refractivity contribution in [3.63, 3.8) is 0 Å². The molecule has 3 aromatic heterocycles. The molecular formula is C25H19N5O3. The minimum atomic E-state index is -0.993. The van der Waals surface area contributed by atoms with E-state index in [1.54, 1.807) is 43.6 Å². The van der Waals surface area contributed by atoms with Crippen LogP contribution in [0.15, 0.2) is 79.0 Å². The lowest BCUT2D eigenvalue weighted by Gasteiger charge is -2.11. The van der Waals surface area contributed by atoms with Crippen molar-refractivity contribution in [2.75, 3.05) is 12.8 Å². The number of benzene rings is 2. The van der Waals surface area contributed by atoms with Crippen LogP contribution < -0.4 is 10.5 Å². The van der Waals surface area contributed by atoms with Crippen molar-refractivity contribution in [3.8, 4) is 34.1 Å². The normalized spacial score (nSPS) is 10.9. The maximum absolute atomic E-state index is 11.3. The van der Waals surface area contributed by atoms with Crippen molar-refractivity contribution < 1.29 is 14.6 Å². The van der Waals surface area contributed by atoms with Gasteiger partial charge in [-0.3, -0.25) is 4.57 Å². The van der Waals surface area contributed by atoms with Crippen molar-refractivity contribution in [1.82, 2.24) is 19.5 Å². The average Bonchev–Trinajstić information content (AvgIpc) is 3.23. The number of carbonyl (C=O) groups is 1. The van der Waals surface area contributed by atoms with E-state index in [0.717, 1.165) is 17.0 Å². The van der Waals surface area contributed by atoms with Gasteiger partial charge < -0.3 is 15.6 Å². The Balaban J connectivity index is 1.77. The number of nitrogens with zero attached hydrogens (tertiary/aromatic N) is 4. The summed E-state index contributed by atoms with van der Waals surface area (Å²) in [5.74, 6) is 0.640. The monoisotopic (exact) mass is 437 g/mol. The van der Waals surface area contributed by atoms with Gasteiger partial charge in [0.1, 0.15) is 17.1 Å². The first-order chi connectivity index (χ1) is 16.0. The highest BCUT2D eigenvalue weighted by Crippen LogP contribution is 2.32. The van der Waals surface area contributed by atoms with Gasteiger partial charge in [-0.15, -0.1) is 0 Å². The third-order valence-electron chi connectivity index (χ3n) is 5.32. The van der Waals surface area contributed by atoms with Gasteiger partial charge in [-0.1, -0.05) is 12.1 Å². The highest BCUT2D eigenvalue weighted by Gasteiger charge is 2.19. The fraction of sp³-hybridized carbons (Fsp3) is 0.0400. The Kier molecular flexibility index (Phi) is 4.95. The zero-order valence-corrected chi connectivity index (χ0v) is 17.6. The molecule has 3 N–H and O–H groups in total. The van der Waals surface area contributed by atoms with E-state index in [9.17, 15) is 9.90 Å². The summed E-state index contributed by atoms with van der Waals surface area (Å²) in [6, 6.07) is 21.6. The van der Waals surface area contributed by atoms with Crippen LogP contribution in [-0.2, 0) is 0 Å². The maximum atomic E-state index is 11.3. The highest BCUT2D eigenvalue weighted by atomic mass is 16.5. The molecule has 0 fully saturated rings. The fourth-order valence-corrected chi connectivity index (χ4v) is 3.69. The zero-order chi connectivity index (χ0) is 22.9. The van der Waals surface area contributed by atoms with Gasteiger partial charge in [0, 0.05) is 17.4 Å². The fourth-order valence-electron chi connectivity index (χ4n) is 3.69. The van der Waals surface area contributed by atoms with Crippen LogP contribution in [0, 0.1) is 0 Å². The van der Waals surface area contributed by atoms with Crippen molar-refractivity contribution in [2.45, 2.75) is 0 Å². The minimum absolute atomic E-state index is 0.190. The van der Waals surface area contributed by atoms with E-state index >= 15 is 0 Å². The zero-order valence-electron chi connectivity index (χ0n) is 17.6. The first-order valence-corrected chi connectivity index (χ1v) is 10.1. The van der Waals surface area contributed by atoms with Gasteiger partial charge in [-0.25, -0.2) is 19.7 Å². The first-order valence-electron chi connectivity index (χ1n) is 10.1. The summed E-state index contributed by atoms with van der Waals surface area (Å²) >= 11 is 0. The molecule has 8 heteroatoms. The standard InChI is InChI=1S/C25H19N5O3/c1-33-18-5-2-4-16(14-18)20-11-12-21-24(28-20)30(17-9-7-15(8-10-17)25(31)32)23(29-21)19-6-3-13-27-22(19)26/h2-14H,1H3,(H2,26,27)(H,31,32). The molecule has 0 saturated heterocycles. The number of aromatic nitrogens is 4. The smallest absolute Gasteiger partial charge is 0.335 e. The summed E-state index contributed by atoms with van der Waals surface area (Å²) in [7, 11) is 1.62. The molecule has 0 aliphatic heterocycles. The van der Waals surface area contributed by atoms with Crippen molar-refractivity contribution in [2.24, 2.45) is 0 Å². The molecule has 0 unspecified atom stereocenters. The lowest BCUT2D eigenvalue weighted by Crippen LogP contribution is -2.03. The molecule has 0 bridgehead atoms. The Labute approximate surface area is 189 Å². The van der Waals surface area contributed by atoms with Gasteiger partial charge >= 0.3 is 5.97 Å². The molecule has 0 spiro atoms. The van der Waals surface area contributed by atoms with Crippen LogP contribution >= 0.6 is 0 Å². The van der Waals surface area contributed by atoms with E-state index in [-0.39, 0.29) is 5.56 Å². The average molecular weight is 437 g/mol. The topological polar surface area (TPSA) is 116 Å². The third kappa shape index (κ3) is 3.63. The van der Waals surface area contributed by atoms with Crippen LogP contribution in [0.2, 0.25) is 0 Å². The van der Waals surface area contributed by atoms with Gasteiger partial charge in [0.15, 0.2) is 11.5 Å². The number of carboxylic acids is 1. The van der Waals surface area contributed by atoms with Gasteiger partial charge in [-0.05, 0) is 60.7 Å². The number of carboxylic acid groups (broad SMARTS) is 1. The number of hydrogen-bond donors (Lipinski definition) is 2. The quantitative estimate of drug-likeness (QED) is 0.417. The van der Waals surface area contributed by atoms with Crippen molar-refractivity contribution in [1.29, 1.82) is 0 Å². The van der Waals surface area contributed by atoms with Crippen LogP contribution in [0.4, 0.5) is 5.82 Å². The number of hydrogen-bond acceptors (Lipinski definition) is 6. The van der Waals surface area contributed by atoms with Gasteiger partial charge in [-0.2, -0.15) is 0 Å². The number of imidazole rings is 1. The molecule has 5 aromatic rings. The summed E-state index contributed by atoms with van der Waals surface area (Å²) in [6.07, 6.45) is 1.62. The van der Waals surface area contributed by atoms with E-state index < -0.39 is 5.97 Å². The molecule has 8 nitrogen and oxygen atoms in total. The molecule has 0 atom stereocenters. The summed E-state index contributed by atoms with van der Waals surface area (Å²) in [4.78, 5) is 25.2. The summed E-state index contributed by atoms with van der Waals surface area (Å²) < 4.78 is 7.21. The number of ether oxygens (including phenoxy) is 1. The van der Waals surface area contributed by atoms with Crippen molar-refractivity contribution >= 4 is 23.0 Å². The Morgan fingerprint density at radius 2 is 1.82 bits per heavy atom. The van der Waals surface area contributed by atoms with Crippen LogP contribution in [-0.4, -0.2) is 37.7 Å². The molecule has 3 heterocycles. The maximum Gasteiger partial charge on any atom is 0.335 e. The Bertz CT molecular complexity index is 1490. The lowest BCUT2D eigenvalue weighted by atomic mass is 10.1. The molecule has 0 saturated carbocycles. The summed E-state index contributed by atoms with van der Waals surface area (Å²) in [6.45, 7) is 0. The molecule has 0 aliphatic carbocycles. The first kappa shape index (κ1) is 20.2. The molecule has 2 aromatic carbocycles. The molecule has 5 rings (SSSR count). The number of rotatable bonds is 5. The Morgan fingerprint density at radius 1 is 1.00 bits per heavy atom. The van der Waals surface area contributed by atoms with Crippen LogP contribution in [0.3, 0.4) is 0 Å². The molecular weight excluding hydrogens is 418 g/mol. The van der Waals surface area contributed by atoms with Crippen LogP contribution in [0.25, 0.3) is 39.5 Å². The second kappa shape index (κ2) is 8.08. The van der Waals surface area contributed by atoms with Gasteiger partial charge in [0.2, 0.25) is 0 Å². The minimum Gasteiger partial charge on any atom is -0.497 e. The molecule has 162 valence electrons. The number of anilines is 1. The third-order valence-corrected chi connectivity index (χ3v) is 5.32. The van der Waals surface area contributed by atoms with E-state index in [4.69, 9.17) is 20.4 Å². The Morgan fingerprint density at radius 3 is 2.55 bits per heavy atom. The molecule has 33 heavy (non-hydrogen) atoms. The number of nitrogen functional groups attached to an aromatic ring is 1. The lowest BCUT2D eigenvalue weighted by molar-refractivity contribution is 0.0697. The van der Waals surface area contributed by atoms with E-state index in [1.807, 2.05) is 47.0 Å². The SMILES string of the molecule is COc1cccc(-c2ccc3nc(-c4cccnc4N)n(-c4ccc(C(=O)O)cc4)c3n2)c1. The van der Waals surface area contributed by atoms with Gasteiger partial charge in [0.05, 0.1) is 23.9 Å². The number of nitrogens with two attached hydrogens (primary N) is 1. The summed E-state index contributed by atoms with van der Waals surface area (Å²) in [5, 5.41) is 9.29. The van der Waals surface area contributed by atoms with Crippen molar-refractivity contribution in [3.05, 3.63) is 84.6 Å². The van der Waals surface area contributed by atoms with E-state index in [0.29, 0.717) is 34.1 Å². The molecule has 0 amide bonds. The number of aromatic carboxylic acids is 1. The molecule has 0 aliphatic rings. The highest BCUT2D eigenvalue weighted by molar-refractivity contribution is 5.88. The second-order valence-electron chi connectivity index (χ2n) is 7.33. The van der Waals surface area contributed by atoms with E-state index in [1.165, 1.54) is 0 Å². The number of fused-ring (bicyclic) bond motifs is 1. The van der Waals surface area contributed by atoms with Crippen LogP contribution in [0.5, 0.6) is 5.75 Å². The van der Waals surface area contributed by atoms with Gasteiger partial charge in [0.25, 0.3) is 0 Å². The number of methoxy groups -OCH3 is 1. The predicted molar refractivity (Wildman–Crippen MR) is 125 cm³/mol. The molecule has 0 radical (unpaired) electrons. The Hall–Kier alpha value is -4.72. The van der Waals surface area contributed by atoms with E-state index in [2.05, 4.69) is 4.98 Å². The second-order valence-corrected chi connectivity index (χ2v) is 7.33. The number of pyridine rings is 2. The summed E-state index contributed by atoms with van der Waals surface area (Å²) in [5.41, 5.74) is 10.6.